The number of rotatable bonds is 8. The highest BCUT2D eigenvalue weighted by Gasteiger charge is 2.45. The Labute approximate surface area is 288 Å². The van der Waals surface area contributed by atoms with Gasteiger partial charge in [-0.2, -0.15) is 0 Å². The number of halogens is 3. The number of ketones is 1. The van der Waals surface area contributed by atoms with Crippen LogP contribution in [0.25, 0.3) is 0 Å². The molecule has 10 heteroatoms. The van der Waals surface area contributed by atoms with E-state index in [0.29, 0.717) is 67.4 Å². The fourth-order valence-electron chi connectivity index (χ4n) is 5.93. The number of hydrogen-bond acceptors (Lipinski definition) is 5. The van der Waals surface area contributed by atoms with Crippen LogP contribution in [0.5, 0.6) is 5.75 Å². The van der Waals surface area contributed by atoms with E-state index in [1.54, 1.807) is 6.92 Å². The number of nitrogens with zero attached hydrogens (tertiary/aromatic N) is 4. The molecule has 1 saturated heterocycles. The highest BCUT2D eigenvalue weighted by molar-refractivity contribution is 6.30. The van der Waals surface area contributed by atoms with Gasteiger partial charge in [-0.25, -0.2) is 4.79 Å². The monoisotopic (exact) mass is 684 g/mol. The first-order chi connectivity index (χ1) is 21.5. The summed E-state index contributed by atoms with van der Waals surface area (Å²) in [6.07, 6.45) is 0.517. The largest absolute Gasteiger partial charge is 0.493 e. The van der Waals surface area contributed by atoms with Crippen molar-refractivity contribution in [2.45, 2.75) is 58.5 Å². The van der Waals surface area contributed by atoms with Crippen LogP contribution < -0.4 is 4.74 Å². The van der Waals surface area contributed by atoms with Crippen LogP contribution in [0.4, 0.5) is 4.79 Å². The molecule has 5 rings (SSSR count). The maximum Gasteiger partial charge on any atom is 0.326 e. The predicted molar refractivity (Wildman–Crippen MR) is 189 cm³/mol. The molecule has 0 saturated carbocycles. The maximum atomic E-state index is 14.7. The molecule has 0 radical (unpaired) electrons. The van der Waals surface area contributed by atoms with Crippen molar-refractivity contribution in [3.8, 4) is 5.75 Å². The predicted octanol–water partition coefficient (Wildman–Crippen LogP) is 8.37. The van der Waals surface area contributed by atoms with Crippen LogP contribution in [0.3, 0.4) is 0 Å². The van der Waals surface area contributed by atoms with Crippen molar-refractivity contribution in [3.05, 3.63) is 99.0 Å². The summed E-state index contributed by atoms with van der Waals surface area (Å²) in [4.78, 5) is 37.6. The number of amidine groups is 1. The van der Waals surface area contributed by atoms with Crippen LogP contribution >= 0.6 is 35.6 Å². The summed E-state index contributed by atoms with van der Waals surface area (Å²) in [5.74, 6) is 1.44. The molecular formula is C36H43Cl3N4O3. The van der Waals surface area contributed by atoms with E-state index in [9.17, 15) is 9.59 Å². The van der Waals surface area contributed by atoms with Gasteiger partial charge in [0.05, 0.1) is 18.2 Å². The molecule has 0 spiro atoms. The molecule has 3 aromatic carbocycles. The van der Waals surface area contributed by atoms with Gasteiger partial charge in [0, 0.05) is 49.2 Å². The molecule has 2 amide bonds. The molecule has 46 heavy (non-hydrogen) atoms. The Bertz CT molecular complexity index is 1550. The Kier molecular flexibility index (Phi) is 11.8. The summed E-state index contributed by atoms with van der Waals surface area (Å²) in [6, 6.07) is 20.6. The number of Topliss-reactive ketones (excluding diaryl/α,β-unsaturated/α-hetero) is 1. The van der Waals surface area contributed by atoms with E-state index in [1.165, 1.54) is 0 Å². The number of amides is 2. The second-order valence-electron chi connectivity index (χ2n) is 12.8. The van der Waals surface area contributed by atoms with Gasteiger partial charge in [-0.1, -0.05) is 74.3 Å². The summed E-state index contributed by atoms with van der Waals surface area (Å²) in [6.45, 7) is 13.8. The van der Waals surface area contributed by atoms with Crippen molar-refractivity contribution < 1.29 is 14.3 Å². The standard InChI is InChI=1S/C36H42Cl2N4O3.ClH/c1-6-45-31-23-27(36(3,4)5)11-16-30(31)34-39-32(25-7-12-28(37)13-8-25)33(26-9-14-29(38)15-10-26)42(34)35(44)41-21-19-40(20-22-41)18-17-24(2)43;/h7-16,23,32-33H,6,17-22H2,1-5H3;1H/t32-,33+;/m0./s1. The minimum Gasteiger partial charge on any atom is -0.493 e. The van der Waals surface area contributed by atoms with Crippen LogP contribution in [0.1, 0.15) is 75.4 Å². The number of carbonyl (C=O) groups is 2. The lowest BCUT2D eigenvalue weighted by molar-refractivity contribution is -0.117. The first-order valence-corrected chi connectivity index (χ1v) is 16.4. The smallest absolute Gasteiger partial charge is 0.326 e. The third kappa shape index (κ3) is 8.06. The fraction of sp³-hybridized carbons (Fsp3) is 0.417. The van der Waals surface area contributed by atoms with Crippen molar-refractivity contribution in [1.82, 2.24) is 14.7 Å². The number of urea groups is 1. The number of carbonyl (C=O) groups excluding carboxylic acids is 2. The molecule has 0 N–H and O–H groups in total. The summed E-state index contributed by atoms with van der Waals surface area (Å²) in [5.41, 5.74) is 3.70. The molecule has 0 aromatic heterocycles. The highest BCUT2D eigenvalue weighted by atomic mass is 35.5. The Hall–Kier alpha value is -3.10. The van der Waals surface area contributed by atoms with Gasteiger partial charge >= 0.3 is 6.03 Å². The molecular weight excluding hydrogens is 643 g/mol. The normalized spacial score (nSPS) is 18.6. The van der Waals surface area contributed by atoms with Gasteiger partial charge in [-0.05, 0) is 72.4 Å². The summed E-state index contributed by atoms with van der Waals surface area (Å²) in [5, 5.41) is 1.26. The first kappa shape index (κ1) is 35.7. The van der Waals surface area contributed by atoms with Gasteiger partial charge in [-0.15, -0.1) is 12.4 Å². The molecule has 0 aliphatic carbocycles. The summed E-state index contributed by atoms with van der Waals surface area (Å²) in [7, 11) is 0. The topological polar surface area (TPSA) is 65.5 Å². The SMILES string of the molecule is CCOc1cc(C(C)(C)C)ccc1C1=N[C@@H](c2ccc(Cl)cc2)[C@@H](c2ccc(Cl)cc2)N1C(=O)N1CCN(CCC(C)=O)CC1.Cl. The van der Waals surface area contributed by atoms with Crippen LogP contribution in [0.15, 0.2) is 71.7 Å². The highest BCUT2D eigenvalue weighted by Crippen LogP contribution is 2.46. The van der Waals surface area contributed by atoms with Crippen molar-refractivity contribution in [2.24, 2.45) is 4.99 Å². The molecule has 1 fully saturated rings. The van der Waals surface area contributed by atoms with Gasteiger partial charge in [0.1, 0.15) is 23.4 Å². The number of ether oxygens (including phenoxy) is 1. The lowest BCUT2D eigenvalue weighted by atomic mass is 9.86. The quantitative estimate of drug-likeness (QED) is 0.239. The van der Waals surface area contributed by atoms with E-state index in [4.69, 9.17) is 32.9 Å². The Morgan fingerprint density at radius 3 is 2.02 bits per heavy atom. The van der Waals surface area contributed by atoms with Crippen LogP contribution in [-0.4, -0.2) is 71.7 Å². The number of hydrogen-bond donors (Lipinski definition) is 0. The average Bonchev–Trinajstić information content (AvgIpc) is 3.40. The van der Waals surface area contributed by atoms with Gasteiger partial charge in [0.2, 0.25) is 0 Å². The summed E-state index contributed by atoms with van der Waals surface area (Å²) < 4.78 is 6.23. The van der Waals surface area contributed by atoms with Crippen LogP contribution in [0, 0.1) is 0 Å². The minimum atomic E-state index is -0.432. The lowest BCUT2D eigenvalue weighted by Crippen LogP contribution is -2.54. The number of piperazine rings is 1. The van der Waals surface area contributed by atoms with Crippen molar-refractivity contribution in [2.75, 3.05) is 39.3 Å². The van der Waals surface area contributed by atoms with Gasteiger partial charge in [-0.3, -0.25) is 19.6 Å². The van der Waals surface area contributed by atoms with E-state index in [1.807, 2.05) is 71.3 Å². The van der Waals surface area contributed by atoms with Crippen LogP contribution in [-0.2, 0) is 10.2 Å². The number of aliphatic imine (C=N–C) groups is 1. The van der Waals surface area contributed by atoms with Gasteiger partial charge in [0.15, 0.2) is 0 Å². The van der Waals surface area contributed by atoms with Gasteiger partial charge in [0.25, 0.3) is 0 Å². The summed E-state index contributed by atoms with van der Waals surface area (Å²) >= 11 is 12.6. The minimum absolute atomic E-state index is 0. The number of benzene rings is 3. The van der Waals surface area contributed by atoms with Crippen molar-refractivity contribution in [3.63, 3.8) is 0 Å². The molecule has 0 unspecified atom stereocenters. The van der Waals surface area contributed by atoms with Gasteiger partial charge < -0.3 is 9.64 Å². The van der Waals surface area contributed by atoms with E-state index >= 15 is 0 Å². The maximum absolute atomic E-state index is 14.7. The Morgan fingerprint density at radius 1 is 0.891 bits per heavy atom. The second-order valence-corrected chi connectivity index (χ2v) is 13.6. The molecule has 2 heterocycles. The molecule has 2 aliphatic rings. The third-order valence-corrected chi connectivity index (χ3v) is 9.01. The van der Waals surface area contributed by atoms with Crippen molar-refractivity contribution in [1.29, 1.82) is 0 Å². The van der Waals surface area contributed by atoms with E-state index in [0.717, 1.165) is 22.3 Å². The lowest BCUT2D eigenvalue weighted by Gasteiger charge is -2.39. The van der Waals surface area contributed by atoms with E-state index in [-0.39, 0.29) is 29.6 Å². The second kappa shape index (κ2) is 15.2. The molecule has 246 valence electrons. The molecule has 2 atom stereocenters. The van der Waals surface area contributed by atoms with E-state index in [2.05, 4.69) is 37.8 Å². The van der Waals surface area contributed by atoms with E-state index < -0.39 is 12.1 Å². The zero-order valence-corrected chi connectivity index (χ0v) is 29.5. The fourth-order valence-corrected chi connectivity index (χ4v) is 6.19. The van der Waals surface area contributed by atoms with Crippen LogP contribution in [0.2, 0.25) is 10.0 Å². The molecule has 3 aromatic rings. The zero-order valence-electron chi connectivity index (χ0n) is 27.1. The Morgan fingerprint density at radius 2 is 1.48 bits per heavy atom. The zero-order chi connectivity index (χ0) is 32.3. The Balaban J connectivity index is 0.00000480. The molecule has 7 nitrogen and oxygen atoms in total. The third-order valence-electron chi connectivity index (χ3n) is 8.51. The first-order valence-electron chi connectivity index (χ1n) is 15.6. The molecule has 2 aliphatic heterocycles. The molecule has 0 bridgehead atoms. The average molecular weight is 686 g/mol. The van der Waals surface area contributed by atoms with Crippen molar-refractivity contribution >= 4 is 53.3 Å².